The molecule has 0 amide bonds. The van der Waals surface area contributed by atoms with Crippen molar-refractivity contribution in [3.8, 4) is 0 Å². The standard InChI is InChI=1S/C11H19N3S/c1-9(11-14-6-7-15-11)13-5-3-10-2-4-12-8-10/h6-7,9-10,12-13H,2-5,8H2,1H3. The summed E-state index contributed by atoms with van der Waals surface area (Å²) in [6.07, 6.45) is 4.50. The minimum atomic E-state index is 0.402. The molecule has 1 aliphatic heterocycles. The van der Waals surface area contributed by atoms with Gasteiger partial charge in [-0.15, -0.1) is 11.3 Å². The van der Waals surface area contributed by atoms with E-state index in [4.69, 9.17) is 0 Å². The Kier molecular flexibility index (Phi) is 4.11. The van der Waals surface area contributed by atoms with Crippen LogP contribution in [0.5, 0.6) is 0 Å². The molecule has 0 aromatic carbocycles. The normalized spacial score (nSPS) is 23.1. The van der Waals surface area contributed by atoms with Crippen LogP contribution in [-0.4, -0.2) is 24.6 Å². The molecule has 2 unspecified atom stereocenters. The van der Waals surface area contributed by atoms with Gasteiger partial charge in [-0.3, -0.25) is 0 Å². The molecule has 2 heterocycles. The number of nitrogens with zero attached hydrogens (tertiary/aromatic N) is 1. The molecule has 0 saturated carbocycles. The monoisotopic (exact) mass is 225 g/mol. The zero-order valence-corrected chi connectivity index (χ0v) is 10.0. The fraction of sp³-hybridized carbons (Fsp3) is 0.727. The highest BCUT2D eigenvalue weighted by atomic mass is 32.1. The van der Waals surface area contributed by atoms with Crippen LogP contribution in [0.3, 0.4) is 0 Å². The van der Waals surface area contributed by atoms with Crippen molar-refractivity contribution >= 4 is 11.3 Å². The second kappa shape index (κ2) is 5.58. The maximum atomic E-state index is 4.31. The van der Waals surface area contributed by atoms with Crippen LogP contribution in [0.2, 0.25) is 0 Å². The molecule has 2 N–H and O–H groups in total. The third-order valence-corrected chi connectivity index (χ3v) is 3.95. The predicted octanol–water partition coefficient (Wildman–Crippen LogP) is 1.79. The first-order chi connectivity index (χ1) is 7.36. The van der Waals surface area contributed by atoms with E-state index in [1.54, 1.807) is 11.3 Å². The van der Waals surface area contributed by atoms with Gasteiger partial charge >= 0.3 is 0 Å². The van der Waals surface area contributed by atoms with Crippen LogP contribution in [0.25, 0.3) is 0 Å². The fourth-order valence-electron chi connectivity index (χ4n) is 2.00. The van der Waals surface area contributed by atoms with Gasteiger partial charge in [0.1, 0.15) is 5.01 Å². The average molecular weight is 225 g/mol. The van der Waals surface area contributed by atoms with E-state index < -0.39 is 0 Å². The van der Waals surface area contributed by atoms with Crippen LogP contribution in [0, 0.1) is 5.92 Å². The Morgan fingerprint density at radius 3 is 3.33 bits per heavy atom. The number of nitrogens with one attached hydrogen (secondary N) is 2. The summed E-state index contributed by atoms with van der Waals surface area (Å²) in [6, 6.07) is 0.402. The van der Waals surface area contributed by atoms with Gasteiger partial charge in [0.15, 0.2) is 0 Å². The third kappa shape index (κ3) is 3.26. The lowest BCUT2D eigenvalue weighted by atomic mass is 10.1. The van der Waals surface area contributed by atoms with Gasteiger partial charge in [-0.2, -0.15) is 0 Å². The summed E-state index contributed by atoms with van der Waals surface area (Å²) in [5.74, 6) is 0.876. The van der Waals surface area contributed by atoms with Crippen molar-refractivity contribution in [1.82, 2.24) is 15.6 Å². The lowest BCUT2D eigenvalue weighted by Gasteiger charge is -2.13. The Morgan fingerprint density at radius 2 is 2.67 bits per heavy atom. The van der Waals surface area contributed by atoms with E-state index in [0.717, 1.165) is 12.5 Å². The van der Waals surface area contributed by atoms with Gasteiger partial charge in [-0.25, -0.2) is 4.98 Å². The van der Waals surface area contributed by atoms with E-state index in [1.165, 1.54) is 30.9 Å². The van der Waals surface area contributed by atoms with E-state index in [2.05, 4.69) is 22.5 Å². The fourth-order valence-corrected chi connectivity index (χ4v) is 2.67. The number of aromatic nitrogens is 1. The van der Waals surface area contributed by atoms with Crippen LogP contribution in [0.15, 0.2) is 11.6 Å². The first kappa shape index (κ1) is 11.0. The van der Waals surface area contributed by atoms with Crippen molar-refractivity contribution in [1.29, 1.82) is 0 Å². The van der Waals surface area contributed by atoms with Gasteiger partial charge in [0, 0.05) is 11.6 Å². The number of hydrogen-bond acceptors (Lipinski definition) is 4. The third-order valence-electron chi connectivity index (χ3n) is 2.99. The number of rotatable bonds is 5. The molecule has 1 aromatic rings. The molecule has 15 heavy (non-hydrogen) atoms. The molecular formula is C11H19N3S. The van der Waals surface area contributed by atoms with Crippen molar-refractivity contribution in [2.75, 3.05) is 19.6 Å². The highest BCUT2D eigenvalue weighted by Crippen LogP contribution is 2.16. The number of hydrogen-bond donors (Lipinski definition) is 2. The molecule has 1 saturated heterocycles. The van der Waals surface area contributed by atoms with Crippen LogP contribution in [0.1, 0.15) is 30.8 Å². The van der Waals surface area contributed by atoms with Gasteiger partial charge in [0.25, 0.3) is 0 Å². The molecule has 1 fully saturated rings. The quantitative estimate of drug-likeness (QED) is 0.802. The molecule has 2 atom stereocenters. The lowest BCUT2D eigenvalue weighted by Crippen LogP contribution is -2.22. The minimum Gasteiger partial charge on any atom is -0.316 e. The van der Waals surface area contributed by atoms with E-state index in [9.17, 15) is 0 Å². The zero-order valence-electron chi connectivity index (χ0n) is 9.20. The van der Waals surface area contributed by atoms with Gasteiger partial charge in [-0.05, 0) is 45.3 Å². The Labute approximate surface area is 95.3 Å². The molecule has 1 aromatic heterocycles. The summed E-state index contributed by atoms with van der Waals surface area (Å²) in [7, 11) is 0. The summed E-state index contributed by atoms with van der Waals surface area (Å²) < 4.78 is 0. The second-order valence-corrected chi connectivity index (χ2v) is 5.12. The molecular weight excluding hydrogens is 206 g/mol. The first-order valence-electron chi connectivity index (χ1n) is 5.70. The highest BCUT2D eigenvalue weighted by molar-refractivity contribution is 7.09. The van der Waals surface area contributed by atoms with Crippen molar-refractivity contribution in [2.45, 2.75) is 25.8 Å². The molecule has 0 aliphatic carbocycles. The smallest absolute Gasteiger partial charge is 0.109 e. The first-order valence-corrected chi connectivity index (χ1v) is 6.57. The Bertz CT molecular complexity index is 267. The maximum absolute atomic E-state index is 4.31. The van der Waals surface area contributed by atoms with Crippen LogP contribution in [0.4, 0.5) is 0 Å². The van der Waals surface area contributed by atoms with E-state index in [0.29, 0.717) is 6.04 Å². The molecule has 0 spiro atoms. The lowest BCUT2D eigenvalue weighted by molar-refractivity contribution is 0.471. The summed E-state index contributed by atoms with van der Waals surface area (Å²) in [6.45, 7) is 5.69. The minimum absolute atomic E-state index is 0.402. The zero-order chi connectivity index (χ0) is 10.5. The predicted molar refractivity (Wildman–Crippen MR) is 64.1 cm³/mol. The molecule has 1 aliphatic rings. The second-order valence-electron chi connectivity index (χ2n) is 4.19. The maximum Gasteiger partial charge on any atom is 0.109 e. The van der Waals surface area contributed by atoms with E-state index in [-0.39, 0.29) is 0 Å². The van der Waals surface area contributed by atoms with Gasteiger partial charge in [0.05, 0.1) is 6.04 Å². The number of thiazole rings is 1. The molecule has 3 nitrogen and oxygen atoms in total. The van der Waals surface area contributed by atoms with Crippen molar-refractivity contribution in [3.05, 3.63) is 16.6 Å². The Morgan fingerprint density at radius 1 is 1.73 bits per heavy atom. The molecule has 4 heteroatoms. The topological polar surface area (TPSA) is 37.0 Å². The van der Waals surface area contributed by atoms with E-state index >= 15 is 0 Å². The van der Waals surface area contributed by atoms with Gasteiger partial charge in [-0.1, -0.05) is 0 Å². The highest BCUT2D eigenvalue weighted by Gasteiger charge is 2.14. The van der Waals surface area contributed by atoms with Crippen LogP contribution < -0.4 is 10.6 Å². The largest absolute Gasteiger partial charge is 0.316 e. The summed E-state index contributed by atoms with van der Waals surface area (Å²) in [5, 5.41) is 10.2. The van der Waals surface area contributed by atoms with Crippen molar-refractivity contribution < 1.29 is 0 Å². The summed E-state index contributed by atoms with van der Waals surface area (Å²) in [4.78, 5) is 4.31. The van der Waals surface area contributed by atoms with Crippen LogP contribution >= 0.6 is 11.3 Å². The van der Waals surface area contributed by atoms with Gasteiger partial charge < -0.3 is 10.6 Å². The van der Waals surface area contributed by atoms with Crippen molar-refractivity contribution in [2.24, 2.45) is 5.92 Å². The van der Waals surface area contributed by atoms with Crippen LogP contribution in [-0.2, 0) is 0 Å². The Balaban J connectivity index is 1.65. The van der Waals surface area contributed by atoms with E-state index in [1.807, 2.05) is 11.6 Å². The molecule has 0 radical (unpaired) electrons. The molecule has 0 bridgehead atoms. The summed E-state index contributed by atoms with van der Waals surface area (Å²) >= 11 is 1.73. The Hall–Kier alpha value is -0.450. The molecule has 84 valence electrons. The average Bonchev–Trinajstić information content (AvgIpc) is 2.90. The van der Waals surface area contributed by atoms with Crippen molar-refractivity contribution in [3.63, 3.8) is 0 Å². The SMILES string of the molecule is CC(NCCC1CCNC1)c1nccs1. The summed E-state index contributed by atoms with van der Waals surface area (Å²) in [5.41, 5.74) is 0. The van der Waals surface area contributed by atoms with Gasteiger partial charge in [0.2, 0.25) is 0 Å². The molecule has 2 rings (SSSR count).